The Hall–Kier alpha value is -1.52. The van der Waals surface area contributed by atoms with Gasteiger partial charge in [-0.2, -0.15) is 0 Å². The van der Waals surface area contributed by atoms with Crippen LogP contribution in [0.15, 0.2) is 5.38 Å². The Bertz CT molecular complexity index is 602. The van der Waals surface area contributed by atoms with Crippen molar-refractivity contribution in [2.45, 2.75) is 19.1 Å². The largest absolute Gasteiger partial charge is 0.395 e. The zero-order valence-electron chi connectivity index (χ0n) is 11.4. The summed E-state index contributed by atoms with van der Waals surface area (Å²) in [5, 5.41) is 11.9. The lowest BCUT2D eigenvalue weighted by Crippen LogP contribution is -2.58. The number of nitrogens with zero attached hydrogens (tertiary/aromatic N) is 2. The molecule has 0 spiro atoms. The molecule has 21 heavy (non-hydrogen) atoms. The maximum atomic E-state index is 12.5. The maximum Gasteiger partial charge on any atom is 0.266 e. The average Bonchev–Trinajstić information content (AvgIpc) is 2.91. The monoisotopic (exact) mass is 313 g/mol. The number of imide groups is 1. The second-order valence-corrected chi connectivity index (χ2v) is 5.88. The number of nitrogens with two attached hydrogens (primary N) is 1. The highest BCUT2D eigenvalue weighted by atomic mass is 32.1. The molecule has 3 heterocycles. The topological polar surface area (TPSA) is 105 Å². The highest BCUT2D eigenvalue weighted by Crippen LogP contribution is 2.39. The number of fused-ring (bicyclic) bond motifs is 1. The summed E-state index contributed by atoms with van der Waals surface area (Å²) in [6, 6.07) is 0. The molecular weight excluding hydrogens is 298 g/mol. The molecule has 1 fully saturated rings. The number of carbonyl (C=O) groups is 2. The van der Waals surface area contributed by atoms with Crippen LogP contribution < -0.4 is 5.73 Å². The number of amides is 2. The molecule has 1 aromatic heterocycles. The summed E-state index contributed by atoms with van der Waals surface area (Å²) in [4.78, 5) is 36.8. The molecule has 1 aromatic rings. The SMILES string of the molecule is C[C@@]1(N2C(=O)c3csc(N)c3C2=O)CCON(CCO)O1. The number of anilines is 1. The number of aliphatic hydroxyl groups excluding tert-OH is 1. The smallest absolute Gasteiger partial charge is 0.266 e. The van der Waals surface area contributed by atoms with Gasteiger partial charge in [-0.3, -0.25) is 14.4 Å². The molecule has 2 amide bonds. The maximum absolute atomic E-state index is 12.5. The normalized spacial score (nSPS) is 26.5. The zero-order chi connectivity index (χ0) is 15.2. The van der Waals surface area contributed by atoms with E-state index in [0.717, 1.165) is 10.1 Å². The standard InChI is InChI=1S/C12H15N3O5S/c1-12(2-5-19-14(20-12)3-4-16)15-10(17)7-6-21-9(13)8(7)11(15)18/h6,16H,2-5,13H2,1H3/t12-/m0/s1. The fraction of sp³-hybridized carbons (Fsp3) is 0.500. The van der Waals surface area contributed by atoms with E-state index in [2.05, 4.69) is 0 Å². The van der Waals surface area contributed by atoms with E-state index in [1.165, 1.54) is 11.3 Å². The number of hydrogen-bond acceptors (Lipinski definition) is 8. The molecule has 8 nitrogen and oxygen atoms in total. The Labute approximate surface area is 124 Å². The molecule has 0 saturated carbocycles. The molecule has 0 bridgehead atoms. The first-order chi connectivity index (χ1) is 9.98. The van der Waals surface area contributed by atoms with Gasteiger partial charge in [0.25, 0.3) is 11.8 Å². The number of thiophene rings is 1. The third-order valence-electron chi connectivity index (χ3n) is 3.53. The Morgan fingerprint density at radius 2 is 2.24 bits per heavy atom. The molecule has 9 heteroatoms. The summed E-state index contributed by atoms with van der Waals surface area (Å²) in [6.07, 6.45) is 0.333. The van der Waals surface area contributed by atoms with E-state index in [1.54, 1.807) is 12.3 Å². The predicted molar refractivity (Wildman–Crippen MR) is 73.1 cm³/mol. The zero-order valence-corrected chi connectivity index (χ0v) is 12.2. The van der Waals surface area contributed by atoms with Crippen molar-refractivity contribution in [3.05, 3.63) is 16.5 Å². The van der Waals surface area contributed by atoms with Crippen LogP contribution in [0.1, 0.15) is 34.1 Å². The van der Waals surface area contributed by atoms with Gasteiger partial charge in [-0.1, -0.05) is 5.23 Å². The summed E-state index contributed by atoms with van der Waals surface area (Å²) in [6.45, 7) is 1.87. The number of rotatable bonds is 3. The van der Waals surface area contributed by atoms with Gasteiger partial charge < -0.3 is 10.8 Å². The highest BCUT2D eigenvalue weighted by Gasteiger charge is 2.51. The van der Waals surface area contributed by atoms with Crippen molar-refractivity contribution >= 4 is 28.2 Å². The number of hydrogen-bond donors (Lipinski definition) is 2. The minimum Gasteiger partial charge on any atom is -0.395 e. The van der Waals surface area contributed by atoms with Gasteiger partial charge in [-0.05, 0) is 6.92 Å². The van der Waals surface area contributed by atoms with Crippen LogP contribution >= 0.6 is 11.3 Å². The molecule has 2 aliphatic rings. The number of hydroxylamine groups is 2. The number of β-amino-alcohol motifs (C(OH)–C–C–N with tert-alkyl or cyclic N) is 1. The minimum atomic E-state index is -1.16. The molecule has 2 aliphatic heterocycles. The van der Waals surface area contributed by atoms with Crippen molar-refractivity contribution in [3.63, 3.8) is 0 Å². The van der Waals surface area contributed by atoms with Gasteiger partial charge in [0.1, 0.15) is 0 Å². The van der Waals surface area contributed by atoms with E-state index in [1.807, 2.05) is 0 Å². The third-order valence-corrected chi connectivity index (χ3v) is 4.34. The van der Waals surface area contributed by atoms with Crippen LogP contribution in [0.2, 0.25) is 0 Å². The van der Waals surface area contributed by atoms with E-state index in [9.17, 15) is 9.59 Å². The molecule has 1 atom stereocenters. The lowest BCUT2D eigenvalue weighted by atomic mass is 10.1. The quantitative estimate of drug-likeness (QED) is 0.768. The van der Waals surface area contributed by atoms with Crippen LogP contribution in [0.5, 0.6) is 0 Å². The van der Waals surface area contributed by atoms with Gasteiger partial charge in [0.15, 0.2) is 5.72 Å². The van der Waals surface area contributed by atoms with Gasteiger partial charge in [-0.15, -0.1) is 11.3 Å². The molecule has 1 saturated heterocycles. The van der Waals surface area contributed by atoms with Crippen molar-refractivity contribution in [1.29, 1.82) is 0 Å². The van der Waals surface area contributed by atoms with Gasteiger partial charge in [0.05, 0.1) is 35.9 Å². The van der Waals surface area contributed by atoms with Crippen LogP contribution in [0, 0.1) is 0 Å². The van der Waals surface area contributed by atoms with Crippen LogP contribution in [-0.2, 0) is 9.68 Å². The summed E-state index contributed by atoms with van der Waals surface area (Å²) in [5.41, 5.74) is 5.16. The van der Waals surface area contributed by atoms with E-state index in [-0.39, 0.29) is 25.3 Å². The Morgan fingerprint density at radius 3 is 2.90 bits per heavy atom. The van der Waals surface area contributed by atoms with Crippen molar-refractivity contribution < 1.29 is 24.4 Å². The molecule has 0 unspecified atom stereocenters. The minimum absolute atomic E-state index is 0.120. The van der Waals surface area contributed by atoms with Crippen LogP contribution in [0.25, 0.3) is 0 Å². The van der Waals surface area contributed by atoms with E-state index >= 15 is 0 Å². The first kappa shape index (κ1) is 14.4. The van der Waals surface area contributed by atoms with Crippen molar-refractivity contribution in [2.75, 3.05) is 25.5 Å². The number of aliphatic hydroxyl groups is 1. The predicted octanol–water partition coefficient (Wildman–Crippen LogP) is 0.204. The molecule has 3 N–H and O–H groups in total. The number of carbonyl (C=O) groups excluding carboxylic acids is 2. The second-order valence-electron chi connectivity index (χ2n) is 4.96. The van der Waals surface area contributed by atoms with Gasteiger partial charge in [0, 0.05) is 11.8 Å². The first-order valence-electron chi connectivity index (χ1n) is 6.44. The Kier molecular flexibility index (Phi) is 3.46. The fourth-order valence-corrected chi connectivity index (χ4v) is 3.26. The lowest BCUT2D eigenvalue weighted by Gasteiger charge is -2.42. The summed E-state index contributed by atoms with van der Waals surface area (Å²) < 4.78 is 0. The number of nitrogen functional groups attached to an aromatic ring is 1. The molecular formula is C12H15N3O5S. The molecule has 3 rings (SSSR count). The summed E-state index contributed by atoms with van der Waals surface area (Å²) in [7, 11) is 0. The summed E-state index contributed by atoms with van der Waals surface area (Å²) in [5.74, 6) is -0.876. The van der Waals surface area contributed by atoms with Crippen LogP contribution in [-0.4, -0.2) is 52.5 Å². The van der Waals surface area contributed by atoms with E-state index in [0.29, 0.717) is 17.0 Å². The van der Waals surface area contributed by atoms with Gasteiger partial charge in [-0.25, -0.2) is 9.74 Å². The van der Waals surface area contributed by atoms with Crippen LogP contribution in [0.3, 0.4) is 0 Å². The van der Waals surface area contributed by atoms with Crippen LogP contribution in [0.4, 0.5) is 5.00 Å². The van der Waals surface area contributed by atoms with Crippen molar-refractivity contribution in [2.24, 2.45) is 0 Å². The van der Waals surface area contributed by atoms with Crippen molar-refractivity contribution in [3.8, 4) is 0 Å². The summed E-state index contributed by atoms with van der Waals surface area (Å²) >= 11 is 1.17. The van der Waals surface area contributed by atoms with Crippen molar-refractivity contribution in [1.82, 2.24) is 10.1 Å². The second kappa shape index (κ2) is 5.04. The van der Waals surface area contributed by atoms with Gasteiger partial charge >= 0.3 is 0 Å². The van der Waals surface area contributed by atoms with E-state index < -0.39 is 17.5 Å². The molecule has 0 radical (unpaired) electrons. The Balaban J connectivity index is 1.90. The van der Waals surface area contributed by atoms with Gasteiger partial charge in [0.2, 0.25) is 0 Å². The van der Waals surface area contributed by atoms with E-state index in [4.69, 9.17) is 20.5 Å². The highest BCUT2D eigenvalue weighted by molar-refractivity contribution is 7.14. The molecule has 0 aliphatic carbocycles. The third kappa shape index (κ3) is 2.14. The first-order valence-corrected chi connectivity index (χ1v) is 7.32. The Morgan fingerprint density at radius 1 is 1.48 bits per heavy atom. The fourth-order valence-electron chi connectivity index (χ4n) is 2.48. The lowest BCUT2D eigenvalue weighted by molar-refractivity contribution is -0.452. The average molecular weight is 313 g/mol. The molecule has 114 valence electrons. The molecule has 0 aromatic carbocycles.